The summed E-state index contributed by atoms with van der Waals surface area (Å²) in [5.74, 6) is 0.851. The summed E-state index contributed by atoms with van der Waals surface area (Å²) in [4.78, 5) is 24.0. The zero-order chi connectivity index (χ0) is 18.4. The van der Waals surface area contributed by atoms with Crippen LogP contribution in [0, 0.1) is 13.8 Å². The predicted octanol–water partition coefficient (Wildman–Crippen LogP) is 2.97. The number of ether oxygens (including phenoxy) is 1. The second-order valence-electron chi connectivity index (χ2n) is 7.14. The fraction of sp³-hybridized carbons (Fsp3) is 0.400. The van der Waals surface area contributed by atoms with E-state index in [2.05, 4.69) is 5.32 Å². The molecule has 0 bridgehead atoms. The van der Waals surface area contributed by atoms with E-state index in [0.717, 1.165) is 40.8 Å². The molecule has 1 saturated carbocycles. The van der Waals surface area contributed by atoms with Crippen LogP contribution in [0.1, 0.15) is 47.1 Å². The fourth-order valence-corrected chi connectivity index (χ4v) is 3.64. The van der Waals surface area contributed by atoms with Crippen molar-refractivity contribution in [1.29, 1.82) is 0 Å². The lowest BCUT2D eigenvalue weighted by Crippen LogP contribution is -2.28. The number of carboxylic acids is 1. The second-order valence-corrected chi connectivity index (χ2v) is 7.14. The van der Waals surface area contributed by atoms with Gasteiger partial charge in [-0.2, -0.15) is 0 Å². The Morgan fingerprint density at radius 1 is 1.35 bits per heavy atom. The lowest BCUT2D eigenvalue weighted by molar-refractivity contribution is -0.140. The van der Waals surface area contributed by atoms with Gasteiger partial charge in [-0.3, -0.25) is 9.36 Å². The monoisotopic (exact) mass is 354 g/mol. The highest BCUT2D eigenvalue weighted by Crippen LogP contribution is 2.46. The summed E-state index contributed by atoms with van der Waals surface area (Å²) in [5, 5.41) is 12.5. The third-order valence-corrected chi connectivity index (χ3v) is 5.36. The van der Waals surface area contributed by atoms with Crippen LogP contribution in [0.3, 0.4) is 0 Å². The molecule has 2 aliphatic rings. The molecular formula is C20H22N2O4. The van der Waals surface area contributed by atoms with Crippen LogP contribution in [0.25, 0.3) is 0 Å². The lowest BCUT2D eigenvalue weighted by Gasteiger charge is -2.17. The van der Waals surface area contributed by atoms with Gasteiger partial charge in [-0.25, -0.2) is 4.79 Å². The minimum absolute atomic E-state index is 0.242. The zero-order valence-electron chi connectivity index (χ0n) is 14.9. The molecular weight excluding hydrogens is 332 g/mol. The van der Waals surface area contributed by atoms with Gasteiger partial charge in [-0.1, -0.05) is 12.1 Å². The van der Waals surface area contributed by atoms with Gasteiger partial charge >= 0.3 is 5.97 Å². The van der Waals surface area contributed by atoms with Gasteiger partial charge in [-0.05, 0) is 49.8 Å². The first-order valence-electron chi connectivity index (χ1n) is 8.91. The number of carboxylic acid groups (broad SMARTS) is 1. The summed E-state index contributed by atoms with van der Waals surface area (Å²) in [6.07, 6.45) is 2.11. The van der Waals surface area contributed by atoms with Crippen molar-refractivity contribution in [3.63, 3.8) is 0 Å². The number of pyridine rings is 1. The maximum Gasteiger partial charge on any atom is 0.328 e. The predicted molar refractivity (Wildman–Crippen MR) is 98.1 cm³/mol. The number of fused-ring (bicyclic) bond motifs is 1. The van der Waals surface area contributed by atoms with Gasteiger partial charge in [-0.15, -0.1) is 0 Å². The summed E-state index contributed by atoms with van der Waals surface area (Å²) in [5.41, 5.74) is 3.84. The molecule has 6 nitrogen and oxygen atoms in total. The van der Waals surface area contributed by atoms with E-state index in [1.165, 1.54) is 4.57 Å². The molecule has 1 aromatic carbocycles. The average molecular weight is 354 g/mol. The molecule has 1 aliphatic heterocycles. The Kier molecular flexibility index (Phi) is 3.98. The number of carbonyl (C=O) groups is 1. The lowest BCUT2D eigenvalue weighted by atomic mass is 10.0. The Hall–Kier alpha value is -2.76. The molecule has 2 aromatic rings. The summed E-state index contributed by atoms with van der Waals surface area (Å²) in [6, 6.07) is 6.62. The van der Waals surface area contributed by atoms with E-state index >= 15 is 0 Å². The van der Waals surface area contributed by atoms with Crippen molar-refractivity contribution >= 4 is 11.8 Å². The van der Waals surface area contributed by atoms with Gasteiger partial charge in [0.25, 0.3) is 5.56 Å². The summed E-state index contributed by atoms with van der Waals surface area (Å²) >= 11 is 0. The van der Waals surface area contributed by atoms with Gasteiger partial charge in [0, 0.05) is 23.7 Å². The molecule has 136 valence electrons. The largest absolute Gasteiger partial charge is 0.489 e. The van der Waals surface area contributed by atoms with Crippen LogP contribution in [-0.4, -0.2) is 22.2 Å². The van der Waals surface area contributed by atoms with Gasteiger partial charge < -0.3 is 15.2 Å². The Morgan fingerprint density at radius 2 is 2.12 bits per heavy atom. The van der Waals surface area contributed by atoms with E-state index < -0.39 is 12.0 Å². The van der Waals surface area contributed by atoms with Crippen LogP contribution in [0.15, 0.2) is 29.1 Å². The summed E-state index contributed by atoms with van der Waals surface area (Å²) in [6.45, 7) is 4.60. The molecule has 0 amide bonds. The number of aliphatic carboxylic acids is 1. The van der Waals surface area contributed by atoms with Crippen LogP contribution < -0.4 is 15.6 Å². The van der Waals surface area contributed by atoms with Crippen molar-refractivity contribution in [3.05, 3.63) is 56.9 Å². The van der Waals surface area contributed by atoms with Crippen molar-refractivity contribution in [2.45, 2.75) is 45.3 Å². The Bertz CT molecular complexity index is 944. The highest BCUT2D eigenvalue weighted by atomic mass is 16.5. The number of benzene rings is 1. The molecule has 0 radical (unpaired) electrons. The zero-order valence-corrected chi connectivity index (χ0v) is 14.9. The van der Waals surface area contributed by atoms with Gasteiger partial charge in [0.1, 0.15) is 18.2 Å². The van der Waals surface area contributed by atoms with Gasteiger partial charge in [0.05, 0.1) is 0 Å². The van der Waals surface area contributed by atoms with Crippen LogP contribution >= 0.6 is 0 Å². The molecule has 0 saturated heterocycles. The van der Waals surface area contributed by atoms with E-state index in [1.54, 1.807) is 6.07 Å². The first-order valence-corrected chi connectivity index (χ1v) is 8.91. The first kappa shape index (κ1) is 16.7. The van der Waals surface area contributed by atoms with E-state index in [0.29, 0.717) is 18.3 Å². The molecule has 1 fully saturated rings. The molecule has 1 atom stereocenters. The average Bonchev–Trinajstić information content (AvgIpc) is 3.33. The molecule has 0 spiro atoms. The molecule has 2 N–H and O–H groups in total. The number of hydrogen-bond acceptors (Lipinski definition) is 4. The van der Waals surface area contributed by atoms with Crippen molar-refractivity contribution in [2.75, 3.05) is 11.9 Å². The number of rotatable bonds is 5. The number of aryl methyl sites for hydroxylation is 1. The molecule has 1 aromatic heterocycles. The molecule has 4 rings (SSSR count). The topological polar surface area (TPSA) is 80.6 Å². The highest BCUT2D eigenvalue weighted by molar-refractivity contribution is 5.76. The van der Waals surface area contributed by atoms with Crippen molar-refractivity contribution in [1.82, 2.24) is 4.57 Å². The van der Waals surface area contributed by atoms with Crippen LogP contribution in [0.5, 0.6) is 5.75 Å². The Labute approximate surface area is 151 Å². The number of nitrogens with zero attached hydrogens (tertiary/aromatic N) is 1. The maximum atomic E-state index is 12.6. The molecule has 2 heterocycles. The summed E-state index contributed by atoms with van der Waals surface area (Å²) < 4.78 is 7.41. The quantitative estimate of drug-likeness (QED) is 0.863. The number of hydrogen-bond donors (Lipinski definition) is 2. The molecule has 26 heavy (non-hydrogen) atoms. The number of nitrogens with one attached hydrogen (secondary N) is 1. The Balaban J connectivity index is 1.71. The van der Waals surface area contributed by atoms with Gasteiger partial charge in [0.2, 0.25) is 0 Å². The fourth-order valence-electron chi connectivity index (χ4n) is 3.64. The minimum Gasteiger partial charge on any atom is -0.489 e. The standard InChI is InChI=1S/C20H22N2O4/c1-11-4-3-5-16(12(11)2)26-10-14-8-17(23)22-15(20(24)25)9-21-19(22)18(14)13-6-7-13/h3-5,8,13,15,21H,6-7,9-10H2,1-2H3,(H,24,25). The summed E-state index contributed by atoms with van der Waals surface area (Å²) in [7, 11) is 0. The first-order chi connectivity index (χ1) is 12.5. The highest BCUT2D eigenvalue weighted by Gasteiger charge is 2.37. The molecule has 1 aliphatic carbocycles. The second kappa shape index (κ2) is 6.20. The third kappa shape index (κ3) is 2.75. The SMILES string of the molecule is Cc1cccc(OCc2cc(=O)n3c(c2C2CC2)NCC3C(=O)O)c1C. The van der Waals surface area contributed by atoms with Crippen LogP contribution in [0.2, 0.25) is 0 Å². The van der Waals surface area contributed by atoms with E-state index in [9.17, 15) is 14.7 Å². The number of anilines is 1. The Morgan fingerprint density at radius 3 is 2.81 bits per heavy atom. The van der Waals surface area contributed by atoms with Crippen molar-refractivity contribution < 1.29 is 14.6 Å². The van der Waals surface area contributed by atoms with Crippen LogP contribution in [-0.2, 0) is 11.4 Å². The van der Waals surface area contributed by atoms with Crippen molar-refractivity contribution in [3.8, 4) is 5.75 Å². The molecule has 1 unspecified atom stereocenters. The van der Waals surface area contributed by atoms with E-state index in [4.69, 9.17) is 4.74 Å². The van der Waals surface area contributed by atoms with E-state index in [1.807, 2.05) is 32.0 Å². The van der Waals surface area contributed by atoms with Gasteiger partial charge in [0.15, 0.2) is 6.04 Å². The van der Waals surface area contributed by atoms with Crippen LogP contribution in [0.4, 0.5) is 5.82 Å². The van der Waals surface area contributed by atoms with E-state index in [-0.39, 0.29) is 12.1 Å². The smallest absolute Gasteiger partial charge is 0.328 e. The third-order valence-electron chi connectivity index (χ3n) is 5.36. The number of aromatic nitrogens is 1. The minimum atomic E-state index is -0.987. The molecule has 6 heteroatoms. The van der Waals surface area contributed by atoms with Crippen molar-refractivity contribution in [2.24, 2.45) is 0 Å². The normalized spacial score (nSPS) is 18.3. The maximum absolute atomic E-state index is 12.6.